The van der Waals surface area contributed by atoms with Crippen LogP contribution in [-0.4, -0.2) is 18.8 Å². The van der Waals surface area contributed by atoms with Gasteiger partial charge in [0.2, 0.25) is 0 Å². The lowest BCUT2D eigenvalue weighted by atomic mass is 9.66. The Labute approximate surface area is 61.7 Å². The molecule has 1 aliphatic carbocycles. The first-order valence-corrected chi connectivity index (χ1v) is 4.19. The highest BCUT2D eigenvalue weighted by Crippen LogP contribution is 2.48. The third kappa shape index (κ3) is 0.867. The number of fused-ring (bicyclic) bond motifs is 2. The van der Waals surface area contributed by atoms with E-state index in [2.05, 4.69) is 0 Å². The van der Waals surface area contributed by atoms with Crippen LogP contribution in [0.1, 0.15) is 25.7 Å². The number of hydrogen-bond donors (Lipinski definition) is 1. The van der Waals surface area contributed by atoms with Crippen LogP contribution in [0.25, 0.3) is 0 Å². The summed E-state index contributed by atoms with van der Waals surface area (Å²) in [7, 11) is 0. The van der Waals surface area contributed by atoms with E-state index in [1.54, 1.807) is 0 Å². The molecule has 2 aliphatic heterocycles. The Morgan fingerprint density at radius 3 is 2.80 bits per heavy atom. The maximum absolute atomic E-state index is 5.69. The molecule has 10 heavy (non-hydrogen) atoms. The second-order valence-electron chi connectivity index (χ2n) is 3.63. The maximum atomic E-state index is 5.69. The molecule has 0 aromatic carbocycles. The van der Waals surface area contributed by atoms with Crippen LogP contribution < -0.4 is 5.73 Å². The summed E-state index contributed by atoms with van der Waals surface area (Å²) < 4.78 is 5.69. The Balaban J connectivity index is 1.92. The van der Waals surface area contributed by atoms with Gasteiger partial charge in [-0.2, -0.15) is 0 Å². The summed E-state index contributed by atoms with van der Waals surface area (Å²) in [4.78, 5) is 0. The van der Waals surface area contributed by atoms with Crippen LogP contribution in [-0.2, 0) is 4.74 Å². The first-order valence-electron chi connectivity index (χ1n) is 4.19. The summed E-state index contributed by atoms with van der Waals surface area (Å²) in [5.41, 5.74) is 5.74. The summed E-state index contributed by atoms with van der Waals surface area (Å²) in [6.07, 6.45) is 4.92. The minimum absolute atomic E-state index is 0.248. The molecule has 2 bridgehead atoms. The van der Waals surface area contributed by atoms with Crippen molar-refractivity contribution in [3.05, 3.63) is 0 Å². The molecule has 0 radical (unpaired) electrons. The molecule has 0 unspecified atom stereocenters. The number of rotatable bonds is 2. The van der Waals surface area contributed by atoms with Gasteiger partial charge in [-0.3, -0.25) is 0 Å². The van der Waals surface area contributed by atoms with Gasteiger partial charge in [0.15, 0.2) is 0 Å². The third-order valence-electron chi connectivity index (χ3n) is 2.86. The van der Waals surface area contributed by atoms with Crippen molar-refractivity contribution in [2.24, 2.45) is 11.7 Å². The summed E-state index contributed by atoms with van der Waals surface area (Å²) >= 11 is 0. The van der Waals surface area contributed by atoms with Crippen molar-refractivity contribution in [3.63, 3.8) is 0 Å². The van der Waals surface area contributed by atoms with Crippen LogP contribution in [0, 0.1) is 5.92 Å². The zero-order valence-corrected chi connectivity index (χ0v) is 6.31. The number of hydrogen-bond acceptors (Lipinski definition) is 2. The van der Waals surface area contributed by atoms with Gasteiger partial charge < -0.3 is 10.5 Å². The van der Waals surface area contributed by atoms with E-state index in [1.165, 1.54) is 19.3 Å². The molecule has 3 aliphatic rings. The van der Waals surface area contributed by atoms with Gasteiger partial charge in [0.1, 0.15) is 0 Å². The highest BCUT2D eigenvalue weighted by molar-refractivity contribution is 4.98. The molecule has 1 saturated carbocycles. The van der Waals surface area contributed by atoms with Crippen LogP contribution in [0.5, 0.6) is 0 Å². The van der Waals surface area contributed by atoms with Crippen molar-refractivity contribution in [2.45, 2.75) is 31.3 Å². The van der Waals surface area contributed by atoms with E-state index >= 15 is 0 Å². The van der Waals surface area contributed by atoms with Gasteiger partial charge in [0, 0.05) is 6.61 Å². The largest absolute Gasteiger partial charge is 0.375 e. The molecule has 2 N–H and O–H groups in total. The summed E-state index contributed by atoms with van der Waals surface area (Å²) in [6.45, 7) is 1.76. The molecule has 0 spiro atoms. The van der Waals surface area contributed by atoms with Crippen molar-refractivity contribution in [2.75, 3.05) is 13.2 Å². The molecule has 3 rings (SSSR count). The summed E-state index contributed by atoms with van der Waals surface area (Å²) in [6, 6.07) is 0. The van der Waals surface area contributed by atoms with Gasteiger partial charge in [-0.25, -0.2) is 0 Å². The average molecular weight is 141 g/mol. The quantitative estimate of drug-likeness (QED) is 0.620. The minimum atomic E-state index is 0.248. The van der Waals surface area contributed by atoms with Crippen molar-refractivity contribution in [1.82, 2.24) is 0 Å². The summed E-state index contributed by atoms with van der Waals surface area (Å²) in [5, 5.41) is 0. The standard InChI is InChI=1S/C8H15NO/c9-3-2-8-5-7(6-8)1-4-10-8/h7H,1-6,9H2. The van der Waals surface area contributed by atoms with Crippen LogP contribution in [0.4, 0.5) is 0 Å². The minimum Gasteiger partial charge on any atom is -0.375 e. The molecule has 0 aromatic rings. The van der Waals surface area contributed by atoms with E-state index in [0.717, 1.165) is 25.5 Å². The smallest absolute Gasteiger partial charge is 0.0699 e. The Morgan fingerprint density at radius 2 is 2.30 bits per heavy atom. The Hall–Kier alpha value is -0.0800. The predicted octanol–water partition coefficient (Wildman–Crippen LogP) is 0.904. The molecular formula is C8H15NO. The highest BCUT2D eigenvalue weighted by Gasteiger charge is 2.47. The zero-order chi connectivity index (χ0) is 7.03. The Bertz CT molecular complexity index is 118. The molecule has 0 aromatic heterocycles. The Kier molecular flexibility index (Phi) is 1.46. The Morgan fingerprint density at radius 1 is 1.50 bits per heavy atom. The number of nitrogens with two attached hydrogens (primary N) is 1. The average Bonchev–Trinajstić information content (AvgIpc) is 1.87. The van der Waals surface area contributed by atoms with Crippen molar-refractivity contribution in [1.29, 1.82) is 0 Å². The van der Waals surface area contributed by atoms with Crippen LogP contribution in [0.2, 0.25) is 0 Å². The number of ether oxygens (including phenoxy) is 1. The fourth-order valence-corrected chi connectivity index (χ4v) is 2.30. The van der Waals surface area contributed by atoms with Gasteiger partial charge in [-0.15, -0.1) is 0 Å². The summed E-state index contributed by atoms with van der Waals surface area (Å²) in [5.74, 6) is 0.972. The fraction of sp³-hybridized carbons (Fsp3) is 1.00. The van der Waals surface area contributed by atoms with E-state index in [-0.39, 0.29) is 5.60 Å². The molecule has 2 heteroatoms. The van der Waals surface area contributed by atoms with E-state index in [4.69, 9.17) is 10.5 Å². The molecular weight excluding hydrogens is 126 g/mol. The second kappa shape index (κ2) is 2.21. The SMILES string of the molecule is NCCC12CC(CCO1)C2. The van der Waals surface area contributed by atoms with Crippen LogP contribution in [0.15, 0.2) is 0 Å². The molecule has 2 heterocycles. The monoisotopic (exact) mass is 141 g/mol. The van der Waals surface area contributed by atoms with E-state index < -0.39 is 0 Å². The third-order valence-corrected chi connectivity index (χ3v) is 2.86. The van der Waals surface area contributed by atoms with E-state index in [1.807, 2.05) is 0 Å². The molecule has 3 fully saturated rings. The lowest BCUT2D eigenvalue weighted by Crippen LogP contribution is -2.52. The van der Waals surface area contributed by atoms with Gasteiger partial charge in [-0.05, 0) is 38.1 Å². The predicted molar refractivity (Wildman–Crippen MR) is 39.7 cm³/mol. The normalized spacial score (nSPS) is 44.7. The van der Waals surface area contributed by atoms with Crippen LogP contribution >= 0.6 is 0 Å². The topological polar surface area (TPSA) is 35.2 Å². The van der Waals surface area contributed by atoms with Crippen molar-refractivity contribution < 1.29 is 4.74 Å². The van der Waals surface area contributed by atoms with Gasteiger partial charge in [0.05, 0.1) is 5.60 Å². The maximum Gasteiger partial charge on any atom is 0.0699 e. The molecule has 0 atom stereocenters. The van der Waals surface area contributed by atoms with Crippen LogP contribution in [0.3, 0.4) is 0 Å². The molecule has 58 valence electrons. The second-order valence-corrected chi connectivity index (χ2v) is 3.63. The van der Waals surface area contributed by atoms with Gasteiger partial charge in [0.25, 0.3) is 0 Å². The zero-order valence-electron chi connectivity index (χ0n) is 6.31. The molecule has 2 saturated heterocycles. The lowest BCUT2D eigenvalue weighted by molar-refractivity contribution is -0.179. The first kappa shape index (κ1) is 6.62. The van der Waals surface area contributed by atoms with Crippen molar-refractivity contribution in [3.8, 4) is 0 Å². The van der Waals surface area contributed by atoms with Gasteiger partial charge >= 0.3 is 0 Å². The van der Waals surface area contributed by atoms with Gasteiger partial charge in [-0.1, -0.05) is 0 Å². The lowest BCUT2D eigenvalue weighted by Gasteiger charge is -2.52. The van der Waals surface area contributed by atoms with E-state index in [0.29, 0.717) is 0 Å². The first-order chi connectivity index (χ1) is 4.85. The fourth-order valence-electron chi connectivity index (χ4n) is 2.30. The molecule has 0 amide bonds. The van der Waals surface area contributed by atoms with E-state index in [9.17, 15) is 0 Å². The van der Waals surface area contributed by atoms with Crippen molar-refractivity contribution >= 4 is 0 Å². The highest BCUT2D eigenvalue weighted by atomic mass is 16.5. The molecule has 2 nitrogen and oxygen atoms in total.